The normalized spacial score (nSPS) is 16.0. The average molecular weight is 319 g/mol. The van der Waals surface area contributed by atoms with Gasteiger partial charge >= 0.3 is 0 Å². The van der Waals surface area contributed by atoms with Gasteiger partial charge in [-0.15, -0.1) is 0 Å². The standard InChI is InChI=1S/C17H25N3O3/c1-12(2)18-17(21)13-9-10-15(16(11-13)20(22)23)19-14-7-5-3-4-6-8-14/h9-12,14,19H,3-8H2,1-2H3,(H,18,21). The maximum Gasteiger partial charge on any atom is 0.293 e. The van der Waals surface area contributed by atoms with Gasteiger partial charge in [-0.25, -0.2) is 0 Å². The molecule has 0 heterocycles. The molecule has 2 N–H and O–H groups in total. The van der Waals surface area contributed by atoms with Crippen LogP contribution in [0.1, 0.15) is 62.7 Å². The van der Waals surface area contributed by atoms with E-state index in [2.05, 4.69) is 10.6 Å². The molecule has 2 rings (SSSR count). The number of nitro groups is 1. The van der Waals surface area contributed by atoms with Crippen molar-refractivity contribution >= 4 is 17.3 Å². The van der Waals surface area contributed by atoms with Crippen molar-refractivity contribution in [2.45, 2.75) is 64.5 Å². The Balaban J connectivity index is 2.19. The van der Waals surface area contributed by atoms with Crippen LogP contribution in [0.5, 0.6) is 0 Å². The van der Waals surface area contributed by atoms with E-state index in [-0.39, 0.29) is 23.7 Å². The lowest BCUT2D eigenvalue weighted by Gasteiger charge is -2.18. The minimum atomic E-state index is -0.425. The van der Waals surface area contributed by atoms with Crippen LogP contribution < -0.4 is 10.6 Å². The summed E-state index contributed by atoms with van der Waals surface area (Å²) in [5, 5.41) is 17.4. The van der Waals surface area contributed by atoms with E-state index in [1.165, 1.54) is 18.9 Å². The monoisotopic (exact) mass is 319 g/mol. The molecule has 6 nitrogen and oxygen atoms in total. The quantitative estimate of drug-likeness (QED) is 0.490. The van der Waals surface area contributed by atoms with Gasteiger partial charge in [-0.2, -0.15) is 0 Å². The van der Waals surface area contributed by atoms with Crippen molar-refractivity contribution in [3.05, 3.63) is 33.9 Å². The summed E-state index contributed by atoms with van der Waals surface area (Å²) in [6, 6.07) is 4.91. The predicted molar refractivity (Wildman–Crippen MR) is 90.8 cm³/mol. The summed E-state index contributed by atoms with van der Waals surface area (Å²) >= 11 is 0. The lowest BCUT2D eigenvalue weighted by molar-refractivity contribution is -0.384. The Labute approximate surface area is 136 Å². The summed E-state index contributed by atoms with van der Waals surface area (Å²) in [6.07, 6.45) is 6.84. The smallest absolute Gasteiger partial charge is 0.293 e. The predicted octanol–water partition coefficient (Wildman–Crippen LogP) is 3.87. The van der Waals surface area contributed by atoms with Gasteiger partial charge in [-0.3, -0.25) is 14.9 Å². The first-order valence-corrected chi connectivity index (χ1v) is 8.33. The van der Waals surface area contributed by atoms with Crippen molar-refractivity contribution < 1.29 is 9.72 Å². The van der Waals surface area contributed by atoms with Gasteiger partial charge < -0.3 is 10.6 Å². The molecule has 0 unspecified atom stereocenters. The van der Waals surface area contributed by atoms with Gasteiger partial charge in [0.1, 0.15) is 5.69 Å². The Morgan fingerprint density at radius 2 is 1.87 bits per heavy atom. The Hall–Kier alpha value is -2.11. The lowest BCUT2D eigenvalue weighted by atomic mass is 10.1. The number of nitrogens with one attached hydrogen (secondary N) is 2. The van der Waals surface area contributed by atoms with E-state index in [0.29, 0.717) is 11.3 Å². The van der Waals surface area contributed by atoms with Crippen molar-refractivity contribution in [1.29, 1.82) is 0 Å². The van der Waals surface area contributed by atoms with Gasteiger partial charge in [0, 0.05) is 23.7 Å². The molecule has 1 aromatic carbocycles. The molecule has 6 heteroatoms. The highest BCUT2D eigenvalue weighted by Crippen LogP contribution is 2.29. The Morgan fingerprint density at radius 3 is 2.43 bits per heavy atom. The first-order valence-electron chi connectivity index (χ1n) is 8.33. The average Bonchev–Trinajstić information content (AvgIpc) is 2.75. The zero-order chi connectivity index (χ0) is 16.8. The summed E-state index contributed by atoms with van der Waals surface area (Å²) in [5.74, 6) is -0.288. The highest BCUT2D eigenvalue weighted by molar-refractivity contribution is 5.95. The van der Waals surface area contributed by atoms with E-state index < -0.39 is 4.92 Å². The van der Waals surface area contributed by atoms with E-state index in [4.69, 9.17) is 0 Å². The van der Waals surface area contributed by atoms with Crippen LogP contribution in [0.4, 0.5) is 11.4 Å². The van der Waals surface area contributed by atoms with Crippen molar-refractivity contribution in [2.24, 2.45) is 0 Å². The van der Waals surface area contributed by atoms with Crippen LogP contribution in [0.3, 0.4) is 0 Å². The van der Waals surface area contributed by atoms with Crippen LogP contribution in [0.25, 0.3) is 0 Å². The molecule has 1 aliphatic rings. The summed E-state index contributed by atoms with van der Waals surface area (Å²) in [5.41, 5.74) is 0.783. The molecule has 1 saturated carbocycles. The van der Waals surface area contributed by atoms with Crippen molar-refractivity contribution in [1.82, 2.24) is 5.32 Å². The molecule has 23 heavy (non-hydrogen) atoms. The Kier molecular flexibility index (Phi) is 5.96. The number of rotatable bonds is 5. The number of nitro benzene ring substituents is 1. The fourth-order valence-electron chi connectivity index (χ4n) is 2.94. The molecule has 1 fully saturated rings. The zero-order valence-electron chi connectivity index (χ0n) is 13.8. The van der Waals surface area contributed by atoms with Gasteiger partial charge in [0.25, 0.3) is 11.6 Å². The number of anilines is 1. The minimum Gasteiger partial charge on any atom is -0.377 e. The van der Waals surface area contributed by atoms with E-state index >= 15 is 0 Å². The van der Waals surface area contributed by atoms with Crippen molar-refractivity contribution in [3.63, 3.8) is 0 Å². The van der Waals surface area contributed by atoms with E-state index in [1.807, 2.05) is 13.8 Å². The third-order valence-corrected chi connectivity index (χ3v) is 4.09. The zero-order valence-corrected chi connectivity index (χ0v) is 13.8. The number of carbonyl (C=O) groups is 1. The van der Waals surface area contributed by atoms with E-state index in [1.54, 1.807) is 12.1 Å². The molecule has 0 bridgehead atoms. The fraction of sp³-hybridized carbons (Fsp3) is 0.588. The maximum atomic E-state index is 12.0. The van der Waals surface area contributed by atoms with E-state index in [0.717, 1.165) is 25.7 Å². The Bertz CT molecular complexity index is 564. The number of hydrogen-bond donors (Lipinski definition) is 2. The maximum absolute atomic E-state index is 12.0. The first kappa shape index (κ1) is 17.2. The van der Waals surface area contributed by atoms with Gasteiger partial charge in [-0.05, 0) is 38.8 Å². The van der Waals surface area contributed by atoms with Crippen LogP contribution in [0.15, 0.2) is 18.2 Å². The van der Waals surface area contributed by atoms with Crippen LogP contribution in [-0.4, -0.2) is 22.9 Å². The number of carbonyl (C=O) groups excluding carboxylic acids is 1. The Morgan fingerprint density at radius 1 is 1.22 bits per heavy atom. The van der Waals surface area contributed by atoms with Crippen LogP contribution in [0.2, 0.25) is 0 Å². The second-order valence-electron chi connectivity index (χ2n) is 6.45. The largest absolute Gasteiger partial charge is 0.377 e. The third-order valence-electron chi connectivity index (χ3n) is 4.09. The van der Waals surface area contributed by atoms with Gasteiger partial charge in [-0.1, -0.05) is 25.7 Å². The second-order valence-corrected chi connectivity index (χ2v) is 6.45. The highest BCUT2D eigenvalue weighted by atomic mass is 16.6. The molecule has 0 saturated heterocycles. The number of benzene rings is 1. The van der Waals surface area contributed by atoms with Crippen LogP contribution >= 0.6 is 0 Å². The summed E-state index contributed by atoms with van der Waals surface area (Å²) in [7, 11) is 0. The second kappa shape index (κ2) is 7.94. The third kappa shape index (κ3) is 4.94. The summed E-state index contributed by atoms with van der Waals surface area (Å²) < 4.78 is 0. The summed E-state index contributed by atoms with van der Waals surface area (Å²) in [6.45, 7) is 3.71. The molecule has 0 spiro atoms. The van der Waals surface area contributed by atoms with Crippen LogP contribution in [-0.2, 0) is 0 Å². The number of hydrogen-bond acceptors (Lipinski definition) is 4. The van der Waals surface area contributed by atoms with E-state index in [9.17, 15) is 14.9 Å². The topological polar surface area (TPSA) is 84.3 Å². The number of nitrogens with zero attached hydrogens (tertiary/aromatic N) is 1. The molecule has 0 aromatic heterocycles. The molecule has 1 aliphatic carbocycles. The molecule has 126 valence electrons. The summed E-state index contributed by atoms with van der Waals surface area (Å²) in [4.78, 5) is 23.0. The highest BCUT2D eigenvalue weighted by Gasteiger charge is 2.21. The number of amides is 1. The molecular weight excluding hydrogens is 294 g/mol. The molecule has 0 radical (unpaired) electrons. The van der Waals surface area contributed by atoms with Crippen molar-refractivity contribution in [3.8, 4) is 0 Å². The van der Waals surface area contributed by atoms with Crippen LogP contribution in [0, 0.1) is 10.1 Å². The van der Waals surface area contributed by atoms with Gasteiger partial charge in [0.05, 0.1) is 4.92 Å². The minimum absolute atomic E-state index is 0.00894. The molecule has 1 amide bonds. The van der Waals surface area contributed by atoms with Crippen molar-refractivity contribution in [2.75, 3.05) is 5.32 Å². The molecule has 0 atom stereocenters. The van der Waals surface area contributed by atoms with Gasteiger partial charge in [0.15, 0.2) is 0 Å². The fourth-order valence-corrected chi connectivity index (χ4v) is 2.94. The van der Waals surface area contributed by atoms with Gasteiger partial charge in [0.2, 0.25) is 0 Å². The SMILES string of the molecule is CC(C)NC(=O)c1ccc(NC2CCCCCC2)c([N+](=O)[O-])c1. The first-order chi connectivity index (χ1) is 11.0. The lowest BCUT2D eigenvalue weighted by Crippen LogP contribution is -2.30. The molecule has 1 aromatic rings. The molecular formula is C17H25N3O3. The molecule has 0 aliphatic heterocycles.